The Morgan fingerprint density at radius 2 is 2.08 bits per heavy atom. The number of aromatic nitrogens is 4. The first-order valence-corrected chi connectivity index (χ1v) is 9.00. The summed E-state index contributed by atoms with van der Waals surface area (Å²) >= 11 is 5.90. The van der Waals surface area contributed by atoms with Crippen LogP contribution in [0.25, 0.3) is 5.82 Å². The molecule has 1 unspecified atom stereocenters. The van der Waals surface area contributed by atoms with Gasteiger partial charge < -0.3 is 5.11 Å². The van der Waals surface area contributed by atoms with E-state index in [-0.39, 0.29) is 5.88 Å². The molecule has 6 nitrogen and oxygen atoms in total. The maximum absolute atomic E-state index is 10.7. The Kier molecular flexibility index (Phi) is 4.61. The molecule has 1 N–H and O–H groups in total. The molecular formula is C19H20ClN5O. The Morgan fingerprint density at radius 3 is 2.81 bits per heavy atom. The first-order valence-electron chi connectivity index (χ1n) is 8.62. The SMILES string of the molecule is CN(Cc1ccncc1)C1CCc2nn(-c3ccc(Cl)cn3)c(O)c2C1. The number of pyridine rings is 2. The second-order valence-corrected chi connectivity index (χ2v) is 7.10. The van der Waals surface area contributed by atoms with E-state index < -0.39 is 0 Å². The summed E-state index contributed by atoms with van der Waals surface area (Å²) in [5.41, 5.74) is 3.10. The van der Waals surface area contributed by atoms with Crippen LogP contribution in [0.5, 0.6) is 5.88 Å². The zero-order valence-corrected chi connectivity index (χ0v) is 15.3. The summed E-state index contributed by atoms with van der Waals surface area (Å²) in [6, 6.07) is 7.93. The predicted molar refractivity (Wildman–Crippen MR) is 99.6 cm³/mol. The van der Waals surface area contributed by atoms with Crippen LogP contribution in [-0.4, -0.2) is 42.8 Å². The van der Waals surface area contributed by atoms with Gasteiger partial charge in [-0.15, -0.1) is 0 Å². The van der Waals surface area contributed by atoms with E-state index in [2.05, 4.69) is 27.0 Å². The standard InChI is InChI=1S/C19H20ClN5O/c1-24(12-13-6-8-21-9-7-13)15-3-4-17-16(10-15)19(26)25(23-17)18-5-2-14(20)11-22-18/h2,5-9,11,15,26H,3-4,10,12H2,1H3. The van der Waals surface area contributed by atoms with Gasteiger partial charge in [0.1, 0.15) is 0 Å². The number of rotatable bonds is 4. The number of hydrogen-bond acceptors (Lipinski definition) is 5. The number of aryl methyl sites for hydroxylation is 1. The van der Waals surface area contributed by atoms with Crippen molar-refractivity contribution in [1.82, 2.24) is 24.6 Å². The molecule has 26 heavy (non-hydrogen) atoms. The zero-order valence-electron chi connectivity index (χ0n) is 14.5. The van der Waals surface area contributed by atoms with Crippen molar-refractivity contribution in [2.45, 2.75) is 31.8 Å². The fraction of sp³-hybridized carbons (Fsp3) is 0.316. The first-order chi connectivity index (χ1) is 12.6. The molecule has 1 aliphatic carbocycles. The molecule has 1 aliphatic rings. The Labute approximate surface area is 157 Å². The van der Waals surface area contributed by atoms with Crippen LogP contribution in [0.4, 0.5) is 0 Å². The van der Waals surface area contributed by atoms with E-state index in [9.17, 15) is 5.11 Å². The minimum atomic E-state index is 0.178. The average Bonchev–Trinajstić information content (AvgIpc) is 2.99. The van der Waals surface area contributed by atoms with Gasteiger partial charge in [-0.3, -0.25) is 9.88 Å². The molecular weight excluding hydrogens is 350 g/mol. The highest BCUT2D eigenvalue weighted by Gasteiger charge is 2.28. The maximum atomic E-state index is 10.7. The molecule has 3 aromatic heterocycles. The molecule has 0 radical (unpaired) electrons. The van der Waals surface area contributed by atoms with Crippen LogP contribution in [-0.2, 0) is 19.4 Å². The predicted octanol–water partition coefficient (Wildman–Crippen LogP) is 3.01. The van der Waals surface area contributed by atoms with Gasteiger partial charge in [-0.05, 0) is 56.1 Å². The van der Waals surface area contributed by atoms with E-state index in [1.807, 2.05) is 24.5 Å². The van der Waals surface area contributed by atoms with E-state index in [4.69, 9.17) is 11.6 Å². The van der Waals surface area contributed by atoms with Crippen molar-refractivity contribution in [3.05, 3.63) is 64.7 Å². The summed E-state index contributed by atoms with van der Waals surface area (Å²) in [7, 11) is 2.12. The van der Waals surface area contributed by atoms with Gasteiger partial charge in [-0.2, -0.15) is 9.78 Å². The monoisotopic (exact) mass is 369 g/mol. The highest BCUT2D eigenvalue weighted by Crippen LogP contribution is 2.32. The third kappa shape index (κ3) is 3.30. The van der Waals surface area contributed by atoms with Crippen LogP contribution >= 0.6 is 11.6 Å². The van der Waals surface area contributed by atoms with Gasteiger partial charge in [0.2, 0.25) is 5.88 Å². The number of aromatic hydroxyl groups is 1. The molecule has 0 saturated heterocycles. The van der Waals surface area contributed by atoms with Crippen LogP contribution in [0, 0.1) is 0 Å². The first kappa shape index (κ1) is 17.0. The van der Waals surface area contributed by atoms with Crippen molar-refractivity contribution in [2.24, 2.45) is 0 Å². The van der Waals surface area contributed by atoms with Gasteiger partial charge in [0.25, 0.3) is 0 Å². The van der Waals surface area contributed by atoms with Gasteiger partial charge in [-0.1, -0.05) is 11.6 Å². The number of likely N-dealkylation sites (N-methyl/N-ethyl adjacent to an activating group) is 1. The summed E-state index contributed by atoms with van der Waals surface area (Å²) in [5.74, 6) is 0.750. The summed E-state index contributed by atoms with van der Waals surface area (Å²) in [4.78, 5) is 10.7. The highest BCUT2D eigenvalue weighted by molar-refractivity contribution is 6.30. The molecule has 3 heterocycles. The lowest BCUT2D eigenvalue weighted by atomic mass is 9.92. The summed E-state index contributed by atoms with van der Waals surface area (Å²) in [5, 5.41) is 15.8. The maximum Gasteiger partial charge on any atom is 0.219 e. The third-order valence-corrected chi connectivity index (χ3v) is 5.15. The summed E-state index contributed by atoms with van der Waals surface area (Å²) < 4.78 is 1.51. The summed E-state index contributed by atoms with van der Waals surface area (Å²) in [6.07, 6.45) is 7.82. The second-order valence-electron chi connectivity index (χ2n) is 6.66. The van der Waals surface area contributed by atoms with E-state index in [1.54, 1.807) is 18.3 Å². The van der Waals surface area contributed by atoms with Gasteiger partial charge in [0.15, 0.2) is 5.82 Å². The molecule has 0 fully saturated rings. The van der Waals surface area contributed by atoms with Gasteiger partial charge in [0, 0.05) is 36.7 Å². The van der Waals surface area contributed by atoms with Crippen LogP contribution < -0.4 is 0 Å². The van der Waals surface area contributed by atoms with Crippen molar-refractivity contribution in [3.63, 3.8) is 0 Å². The van der Waals surface area contributed by atoms with Crippen molar-refractivity contribution >= 4 is 11.6 Å². The van der Waals surface area contributed by atoms with Gasteiger partial charge in [0.05, 0.1) is 10.7 Å². The lowest BCUT2D eigenvalue weighted by Crippen LogP contribution is -2.35. The van der Waals surface area contributed by atoms with E-state index in [0.717, 1.165) is 37.1 Å². The van der Waals surface area contributed by atoms with E-state index in [1.165, 1.54) is 10.2 Å². The van der Waals surface area contributed by atoms with Crippen molar-refractivity contribution in [2.75, 3.05) is 7.05 Å². The van der Waals surface area contributed by atoms with Crippen molar-refractivity contribution < 1.29 is 5.11 Å². The van der Waals surface area contributed by atoms with Crippen molar-refractivity contribution in [3.8, 4) is 11.7 Å². The molecule has 0 amide bonds. The second kappa shape index (κ2) is 7.05. The normalized spacial score (nSPS) is 16.7. The lowest BCUT2D eigenvalue weighted by Gasteiger charge is -2.30. The van der Waals surface area contributed by atoms with Crippen LogP contribution in [0.15, 0.2) is 42.9 Å². The zero-order chi connectivity index (χ0) is 18.1. The molecule has 1 atom stereocenters. The minimum Gasteiger partial charge on any atom is -0.493 e. The van der Waals surface area contributed by atoms with Crippen molar-refractivity contribution in [1.29, 1.82) is 0 Å². The largest absolute Gasteiger partial charge is 0.493 e. The van der Waals surface area contributed by atoms with Gasteiger partial charge >= 0.3 is 0 Å². The summed E-state index contributed by atoms with van der Waals surface area (Å²) in [6.45, 7) is 0.857. The van der Waals surface area contributed by atoms with Crippen LogP contribution in [0.2, 0.25) is 5.02 Å². The average molecular weight is 370 g/mol. The fourth-order valence-electron chi connectivity index (χ4n) is 3.47. The number of fused-ring (bicyclic) bond motifs is 1. The fourth-order valence-corrected chi connectivity index (χ4v) is 3.58. The molecule has 4 rings (SSSR count). The Hall–Kier alpha value is -2.44. The molecule has 0 saturated carbocycles. The number of halogens is 1. The number of nitrogens with zero attached hydrogens (tertiary/aromatic N) is 5. The molecule has 0 bridgehead atoms. The van der Waals surface area contributed by atoms with Crippen LogP contribution in [0.3, 0.4) is 0 Å². The third-order valence-electron chi connectivity index (χ3n) is 4.93. The highest BCUT2D eigenvalue weighted by atomic mass is 35.5. The minimum absolute atomic E-state index is 0.178. The van der Waals surface area contributed by atoms with Gasteiger partial charge in [-0.25, -0.2) is 4.98 Å². The van der Waals surface area contributed by atoms with Crippen LogP contribution in [0.1, 0.15) is 23.2 Å². The topological polar surface area (TPSA) is 67.1 Å². The Bertz CT molecular complexity index is 894. The molecule has 0 spiro atoms. The molecule has 0 aromatic carbocycles. The smallest absolute Gasteiger partial charge is 0.219 e. The quantitative estimate of drug-likeness (QED) is 0.765. The molecule has 0 aliphatic heterocycles. The van der Waals surface area contributed by atoms with E-state index in [0.29, 0.717) is 16.9 Å². The Morgan fingerprint density at radius 1 is 1.27 bits per heavy atom. The lowest BCUT2D eigenvalue weighted by molar-refractivity contribution is 0.212. The molecule has 134 valence electrons. The Balaban J connectivity index is 1.54. The number of hydrogen-bond donors (Lipinski definition) is 1. The molecule has 7 heteroatoms. The molecule has 3 aromatic rings. The van der Waals surface area contributed by atoms with E-state index >= 15 is 0 Å².